The Kier molecular flexibility index (Phi) is 5.84. The van der Waals surface area contributed by atoms with Crippen LogP contribution in [-0.4, -0.2) is 60.9 Å². The normalized spacial score (nSPS) is 18.5. The molecule has 1 aromatic carbocycles. The number of benzene rings is 1. The number of rotatable bonds is 7. The Labute approximate surface area is 158 Å². The van der Waals surface area contributed by atoms with Gasteiger partial charge in [0.05, 0.1) is 17.1 Å². The van der Waals surface area contributed by atoms with Crippen LogP contribution in [0.1, 0.15) is 36.5 Å². The fourth-order valence-electron chi connectivity index (χ4n) is 3.39. The van der Waals surface area contributed by atoms with Gasteiger partial charge in [0, 0.05) is 29.7 Å². The Morgan fingerprint density at radius 3 is 2.78 bits per heavy atom. The van der Waals surface area contributed by atoms with Crippen molar-refractivity contribution in [2.75, 3.05) is 24.7 Å². The summed E-state index contributed by atoms with van der Waals surface area (Å²) in [6.45, 7) is 2.09. The van der Waals surface area contributed by atoms with Crippen molar-refractivity contribution >= 4 is 32.6 Å². The van der Waals surface area contributed by atoms with Crippen LogP contribution in [0, 0.1) is 0 Å². The number of fused-ring (bicyclic) bond motifs is 1. The number of amides is 1. The van der Waals surface area contributed by atoms with Gasteiger partial charge in [0.25, 0.3) is 5.91 Å². The van der Waals surface area contributed by atoms with Gasteiger partial charge in [-0.15, -0.1) is 0 Å². The molecule has 1 N–H and O–H groups in total. The van der Waals surface area contributed by atoms with Crippen LogP contribution >= 0.6 is 0 Å². The Morgan fingerprint density at radius 2 is 2.07 bits per heavy atom. The van der Waals surface area contributed by atoms with Crippen LogP contribution in [0.25, 0.3) is 10.9 Å². The molecule has 1 aliphatic rings. The Hall–Kier alpha value is -2.35. The first-order valence-electron chi connectivity index (χ1n) is 9.14. The van der Waals surface area contributed by atoms with E-state index in [1.165, 1.54) is 0 Å². The molecule has 3 rings (SSSR count). The highest BCUT2D eigenvalue weighted by molar-refractivity contribution is 7.91. The number of carbonyl (C=O) groups excluding carboxylic acids is 2. The van der Waals surface area contributed by atoms with Crippen molar-refractivity contribution in [3.05, 3.63) is 36.0 Å². The number of ether oxygens (including phenoxy) is 1. The largest absolute Gasteiger partial charge is 0.452 e. The van der Waals surface area contributed by atoms with Crippen molar-refractivity contribution in [1.29, 1.82) is 0 Å². The minimum atomic E-state index is -3.10. The van der Waals surface area contributed by atoms with Crippen LogP contribution < -0.4 is 0 Å². The lowest BCUT2D eigenvalue weighted by atomic mass is 10.2. The summed E-state index contributed by atoms with van der Waals surface area (Å²) in [4.78, 5) is 29.6. The molecule has 146 valence electrons. The zero-order valence-electron chi connectivity index (χ0n) is 15.3. The molecule has 0 aliphatic carbocycles. The second-order valence-electron chi connectivity index (χ2n) is 6.82. The van der Waals surface area contributed by atoms with Crippen molar-refractivity contribution in [3.8, 4) is 0 Å². The van der Waals surface area contributed by atoms with Crippen LogP contribution in [0.4, 0.5) is 0 Å². The molecule has 27 heavy (non-hydrogen) atoms. The van der Waals surface area contributed by atoms with E-state index in [0.29, 0.717) is 18.5 Å². The summed E-state index contributed by atoms with van der Waals surface area (Å²) in [5.74, 6) is -0.837. The van der Waals surface area contributed by atoms with Gasteiger partial charge >= 0.3 is 5.97 Å². The number of nitrogens with zero attached hydrogens (tertiary/aromatic N) is 1. The molecular weight excluding hydrogens is 368 g/mol. The van der Waals surface area contributed by atoms with E-state index in [1.54, 1.807) is 17.2 Å². The maximum Gasteiger partial charge on any atom is 0.340 e. The first kappa shape index (κ1) is 19.4. The molecule has 1 amide bonds. The summed E-state index contributed by atoms with van der Waals surface area (Å²) in [6.07, 6.45) is 3.67. The smallest absolute Gasteiger partial charge is 0.340 e. The fourth-order valence-corrected chi connectivity index (χ4v) is 5.12. The fraction of sp³-hybridized carbons (Fsp3) is 0.474. The monoisotopic (exact) mass is 392 g/mol. The Morgan fingerprint density at radius 1 is 1.30 bits per heavy atom. The van der Waals surface area contributed by atoms with E-state index in [2.05, 4.69) is 4.98 Å². The summed E-state index contributed by atoms with van der Waals surface area (Å²) < 4.78 is 28.8. The Bertz CT molecular complexity index is 934. The molecule has 0 saturated carbocycles. The van der Waals surface area contributed by atoms with Gasteiger partial charge in [-0.2, -0.15) is 0 Å². The third kappa shape index (κ3) is 4.50. The first-order chi connectivity index (χ1) is 12.9. The SMILES string of the molecule is CCCCN(C(=O)COC(=O)c1c[nH]c2ccccc12)[C@@H]1CCS(=O)(=O)C1. The van der Waals surface area contributed by atoms with Crippen LogP contribution in [0.5, 0.6) is 0 Å². The average molecular weight is 392 g/mol. The zero-order valence-corrected chi connectivity index (χ0v) is 16.1. The maximum absolute atomic E-state index is 12.6. The number of aromatic nitrogens is 1. The van der Waals surface area contributed by atoms with Crippen LogP contribution in [0.15, 0.2) is 30.5 Å². The number of unbranched alkanes of at least 4 members (excludes halogenated alkanes) is 1. The zero-order chi connectivity index (χ0) is 19.4. The number of sulfone groups is 1. The summed E-state index contributed by atoms with van der Waals surface area (Å²) in [5.41, 5.74) is 1.19. The highest BCUT2D eigenvalue weighted by Gasteiger charge is 2.34. The van der Waals surface area contributed by atoms with Crippen molar-refractivity contribution < 1.29 is 22.7 Å². The van der Waals surface area contributed by atoms with Crippen LogP contribution in [-0.2, 0) is 19.4 Å². The van der Waals surface area contributed by atoms with Gasteiger partial charge in [-0.3, -0.25) is 4.79 Å². The van der Waals surface area contributed by atoms with Gasteiger partial charge in [-0.25, -0.2) is 13.2 Å². The molecule has 0 spiro atoms. The predicted octanol–water partition coefficient (Wildman–Crippen LogP) is 2.14. The minimum Gasteiger partial charge on any atom is -0.452 e. The summed E-state index contributed by atoms with van der Waals surface area (Å²) in [5, 5.41) is 0.736. The molecule has 1 aliphatic heterocycles. The summed E-state index contributed by atoms with van der Waals surface area (Å²) in [6, 6.07) is 7.01. The highest BCUT2D eigenvalue weighted by atomic mass is 32.2. The molecule has 1 saturated heterocycles. The number of H-pyrrole nitrogens is 1. The van der Waals surface area contributed by atoms with E-state index in [1.807, 2.05) is 25.1 Å². The molecule has 2 heterocycles. The third-order valence-corrected chi connectivity index (χ3v) is 6.61. The lowest BCUT2D eigenvalue weighted by molar-refractivity contribution is -0.136. The number of carbonyl (C=O) groups is 2. The second-order valence-corrected chi connectivity index (χ2v) is 9.05. The summed E-state index contributed by atoms with van der Waals surface area (Å²) >= 11 is 0. The molecule has 0 bridgehead atoms. The molecule has 0 radical (unpaired) electrons. The van der Waals surface area contributed by atoms with Gasteiger partial charge in [0.2, 0.25) is 0 Å². The molecule has 2 aromatic rings. The van der Waals surface area contributed by atoms with Crippen molar-refractivity contribution in [3.63, 3.8) is 0 Å². The molecular formula is C19H24N2O5S. The molecule has 0 unspecified atom stereocenters. The van der Waals surface area contributed by atoms with Gasteiger partial charge < -0.3 is 14.6 Å². The Balaban J connectivity index is 1.65. The van der Waals surface area contributed by atoms with Crippen molar-refractivity contribution in [2.45, 2.75) is 32.2 Å². The topological polar surface area (TPSA) is 96.5 Å². The van der Waals surface area contributed by atoms with E-state index >= 15 is 0 Å². The summed E-state index contributed by atoms with van der Waals surface area (Å²) in [7, 11) is -3.10. The van der Waals surface area contributed by atoms with Gasteiger partial charge in [-0.1, -0.05) is 31.5 Å². The molecule has 1 fully saturated rings. The van der Waals surface area contributed by atoms with Crippen LogP contribution in [0.2, 0.25) is 0 Å². The van der Waals surface area contributed by atoms with E-state index in [-0.39, 0.29) is 23.5 Å². The number of para-hydroxylation sites is 1. The first-order valence-corrected chi connectivity index (χ1v) is 11.0. The third-order valence-electron chi connectivity index (χ3n) is 4.86. The minimum absolute atomic E-state index is 0.0150. The molecule has 8 heteroatoms. The number of aromatic amines is 1. The predicted molar refractivity (Wildman–Crippen MR) is 102 cm³/mol. The second kappa shape index (κ2) is 8.12. The molecule has 1 atom stereocenters. The molecule has 7 nitrogen and oxygen atoms in total. The lowest BCUT2D eigenvalue weighted by Crippen LogP contribution is -2.43. The lowest BCUT2D eigenvalue weighted by Gasteiger charge is -2.28. The highest BCUT2D eigenvalue weighted by Crippen LogP contribution is 2.20. The van der Waals surface area contributed by atoms with Crippen LogP contribution in [0.3, 0.4) is 0 Å². The number of nitrogens with one attached hydrogen (secondary N) is 1. The van der Waals surface area contributed by atoms with Crippen molar-refractivity contribution in [2.24, 2.45) is 0 Å². The van der Waals surface area contributed by atoms with E-state index in [4.69, 9.17) is 4.74 Å². The quantitative estimate of drug-likeness (QED) is 0.728. The van der Waals surface area contributed by atoms with E-state index < -0.39 is 22.4 Å². The number of hydrogen-bond acceptors (Lipinski definition) is 5. The van der Waals surface area contributed by atoms with Gasteiger partial charge in [0.15, 0.2) is 16.4 Å². The number of hydrogen-bond donors (Lipinski definition) is 1. The number of esters is 1. The maximum atomic E-state index is 12.6. The van der Waals surface area contributed by atoms with Gasteiger partial charge in [-0.05, 0) is 18.9 Å². The van der Waals surface area contributed by atoms with Crippen molar-refractivity contribution in [1.82, 2.24) is 9.88 Å². The average Bonchev–Trinajstić information content (AvgIpc) is 3.23. The van der Waals surface area contributed by atoms with E-state index in [0.717, 1.165) is 23.7 Å². The molecule has 1 aromatic heterocycles. The van der Waals surface area contributed by atoms with Gasteiger partial charge in [0.1, 0.15) is 0 Å². The van der Waals surface area contributed by atoms with E-state index in [9.17, 15) is 18.0 Å². The standard InChI is InChI=1S/C19H24N2O5S/c1-2-3-9-21(14-8-10-27(24,25)13-14)18(22)12-26-19(23)16-11-20-17-7-5-4-6-15(16)17/h4-7,11,14,20H,2-3,8-10,12-13H2,1H3/t14-/m1/s1.